The molecule has 4 heteroatoms. The number of nitrogens with zero attached hydrogens (tertiary/aromatic N) is 1. The summed E-state index contributed by atoms with van der Waals surface area (Å²) < 4.78 is 40.6. The topological polar surface area (TPSA) is 12.9 Å². The molecule has 0 atom stereocenters. The molecule has 0 unspecified atom stereocenters. The summed E-state index contributed by atoms with van der Waals surface area (Å²) in [6.45, 7) is 3.07. The zero-order chi connectivity index (χ0) is 12.6. The highest BCUT2D eigenvalue weighted by Gasteiger charge is 2.15. The van der Waals surface area contributed by atoms with Gasteiger partial charge in [0.05, 0.1) is 0 Å². The van der Waals surface area contributed by atoms with Gasteiger partial charge in [-0.05, 0) is 31.5 Å². The Morgan fingerprint density at radius 2 is 1.47 bits per heavy atom. The van der Waals surface area contributed by atoms with E-state index >= 15 is 0 Å². The van der Waals surface area contributed by atoms with Gasteiger partial charge in [-0.25, -0.2) is 13.8 Å². The number of rotatable bonds is 1. The van der Waals surface area contributed by atoms with Crippen molar-refractivity contribution < 1.29 is 13.2 Å². The van der Waals surface area contributed by atoms with Crippen LogP contribution in [0.15, 0.2) is 24.3 Å². The van der Waals surface area contributed by atoms with Crippen LogP contribution in [-0.4, -0.2) is 4.98 Å². The lowest BCUT2D eigenvalue weighted by molar-refractivity contribution is 0.504. The molecule has 2 rings (SSSR count). The lowest BCUT2D eigenvalue weighted by Gasteiger charge is -2.07. The van der Waals surface area contributed by atoms with Crippen LogP contribution >= 0.6 is 0 Å². The first-order chi connectivity index (χ1) is 8.00. The number of halogens is 3. The minimum Gasteiger partial charge on any atom is -0.225 e. The van der Waals surface area contributed by atoms with E-state index < -0.39 is 17.6 Å². The molecule has 1 aromatic carbocycles. The van der Waals surface area contributed by atoms with Crippen LogP contribution in [0.4, 0.5) is 13.2 Å². The maximum Gasteiger partial charge on any atom is 0.221 e. The molecule has 0 radical (unpaired) electrons. The van der Waals surface area contributed by atoms with Gasteiger partial charge in [0.15, 0.2) is 11.6 Å². The van der Waals surface area contributed by atoms with Gasteiger partial charge in [0.25, 0.3) is 0 Å². The molecule has 1 heterocycles. The average Bonchev–Trinajstić information content (AvgIpc) is 2.28. The van der Waals surface area contributed by atoms with E-state index in [-0.39, 0.29) is 16.7 Å². The molecule has 0 aliphatic heterocycles. The second kappa shape index (κ2) is 4.20. The highest BCUT2D eigenvalue weighted by atomic mass is 19.2. The quantitative estimate of drug-likeness (QED) is 0.688. The van der Waals surface area contributed by atoms with Crippen LogP contribution in [0.2, 0.25) is 0 Å². The minimum atomic E-state index is -1.05. The van der Waals surface area contributed by atoms with Crippen molar-refractivity contribution in [2.24, 2.45) is 0 Å². The average molecular weight is 237 g/mol. The van der Waals surface area contributed by atoms with Gasteiger partial charge in [-0.1, -0.05) is 12.1 Å². The standard InChI is InChI=1S/C13H10F3N/c1-7-3-5-9(12(15)11(7)14)10-6-4-8(2)17-13(10)16/h3-6H,1-2H3. The number of benzene rings is 1. The third-order valence-corrected chi connectivity index (χ3v) is 2.55. The molecule has 0 saturated heterocycles. The molecular weight excluding hydrogens is 227 g/mol. The molecular formula is C13H10F3N. The maximum absolute atomic E-state index is 13.7. The van der Waals surface area contributed by atoms with Crippen LogP contribution in [-0.2, 0) is 0 Å². The summed E-state index contributed by atoms with van der Waals surface area (Å²) in [5, 5.41) is 0. The zero-order valence-corrected chi connectivity index (χ0v) is 9.39. The summed E-state index contributed by atoms with van der Waals surface area (Å²) in [4.78, 5) is 3.59. The van der Waals surface area contributed by atoms with Crippen LogP contribution in [0.3, 0.4) is 0 Å². The second-order valence-corrected chi connectivity index (χ2v) is 3.85. The van der Waals surface area contributed by atoms with Gasteiger partial charge in [-0.3, -0.25) is 0 Å². The van der Waals surface area contributed by atoms with Gasteiger partial charge < -0.3 is 0 Å². The van der Waals surface area contributed by atoms with E-state index in [2.05, 4.69) is 4.98 Å². The first-order valence-corrected chi connectivity index (χ1v) is 5.09. The molecule has 1 nitrogen and oxygen atoms in total. The van der Waals surface area contributed by atoms with Crippen molar-refractivity contribution in [1.82, 2.24) is 4.98 Å². The number of hydrogen-bond donors (Lipinski definition) is 0. The molecule has 2 aromatic rings. The van der Waals surface area contributed by atoms with Gasteiger partial charge in [0, 0.05) is 16.8 Å². The van der Waals surface area contributed by atoms with Crippen molar-refractivity contribution >= 4 is 0 Å². The van der Waals surface area contributed by atoms with E-state index in [1.165, 1.54) is 25.1 Å². The monoisotopic (exact) mass is 237 g/mol. The SMILES string of the molecule is Cc1ccc(-c2ccc(C)c(F)c2F)c(F)n1. The van der Waals surface area contributed by atoms with Gasteiger partial charge in [-0.15, -0.1) is 0 Å². The predicted octanol–water partition coefficient (Wildman–Crippen LogP) is 3.78. The summed E-state index contributed by atoms with van der Waals surface area (Å²) in [6, 6.07) is 5.71. The fourth-order valence-electron chi connectivity index (χ4n) is 1.58. The molecule has 0 N–H and O–H groups in total. The van der Waals surface area contributed by atoms with Crippen molar-refractivity contribution in [2.75, 3.05) is 0 Å². The summed E-state index contributed by atoms with van der Waals surface area (Å²) in [5.41, 5.74) is 0.524. The predicted molar refractivity (Wildman–Crippen MR) is 59.0 cm³/mol. The largest absolute Gasteiger partial charge is 0.225 e. The third kappa shape index (κ3) is 2.02. The Morgan fingerprint density at radius 3 is 2.12 bits per heavy atom. The first kappa shape index (κ1) is 11.6. The van der Waals surface area contributed by atoms with Crippen molar-refractivity contribution in [3.05, 3.63) is 53.1 Å². The van der Waals surface area contributed by atoms with Gasteiger partial charge in [-0.2, -0.15) is 4.39 Å². The van der Waals surface area contributed by atoms with Crippen molar-refractivity contribution in [3.63, 3.8) is 0 Å². The minimum absolute atomic E-state index is 0.0352. The Morgan fingerprint density at radius 1 is 0.824 bits per heavy atom. The van der Waals surface area contributed by atoms with E-state index in [9.17, 15) is 13.2 Å². The van der Waals surface area contributed by atoms with Crippen LogP contribution in [0, 0.1) is 31.4 Å². The zero-order valence-electron chi connectivity index (χ0n) is 9.39. The molecule has 0 bridgehead atoms. The Labute approximate surface area is 96.9 Å². The summed E-state index contributed by atoms with van der Waals surface area (Å²) in [6.07, 6.45) is 0. The summed E-state index contributed by atoms with van der Waals surface area (Å²) >= 11 is 0. The number of pyridine rings is 1. The Balaban J connectivity index is 2.65. The first-order valence-electron chi connectivity index (χ1n) is 5.09. The molecule has 88 valence electrons. The van der Waals surface area contributed by atoms with Crippen LogP contribution in [0.5, 0.6) is 0 Å². The third-order valence-electron chi connectivity index (χ3n) is 2.55. The molecule has 0 aliphatic carbocycles. The van der Waals surface area contributed by atoms with Crippen LogP contribution in [0.1, 0.15) is 11.3 Å². The maximum atomic E-state index is 13.7. The molecule has 0 fully saturated rings. The van der Waals surface area contributed by atoms with E-state index in [4.69, 9.17) is 0 Å². The highest BCUT2D eigenvalue weighted by molar-refractivity contribution is 5.64. The summed E-state index contributed by atoms with van der Waals surface area (Å²) in [5.74, 6) is -2.80. The lowest BCUT2D eigenvalue weighted by Crippen LogP contribution is -1.97. The summed E-state index contributed by atoms with van der Waals surface area (Å²) in [7, 11) is 0. The molecule has 17 heavy (non-hydrogen) atoms. The normalized spacial score (nSPS) is 10.6. The van der Waals surface area contributed by atoms with Crippen molar-refractivity contribution in [3.8, 4) is 11.1 Å². The molecule has 0 spiro atoms. The van der Waals surface area contributed by atoms with Gasteiger partial charge >= 0.3 is 0 Å². The van der Waals surface area contributed by atoms with Gasteiger partial charge in [0.1, 0.15) is 0 Å². The van der Waals surface area contributed by atoms with Crippen molar-refractivity contribution in [2.45, 2.75) is 13.8 Å². The Kier molecular flexibility index (Phi) is 2.88. The molecule has 0 saturated carbocycles. The van der Waals surface area contributed by atoms with E-state index in [1.54, 1.807) is 13.0 Å². The van der Waals surface area contributed by atoms with Gasteiger partial charge in [0.2, 0.25) is 5.95 Å². The number of hydrogen-bond acceptors (Lipinski definition) is 1. The second-order valence-electron chi connectivity index (χ2n) is 3.85. The fraction of sp³-hybridized carbons (Fsp3) is 0.154. The molecule has 0 aliphatic rings. The number of aryl methyl sites for hydroxylation is 2. The van der Waals surface area contributed by atoms with E-state index in [0.717, 1.165) is 0 Å². The lowest BCUT2D eigenvalue weighted by atomic mass is 10.0. The smallest absolute Gasteiger partial charge is 0.221 e. The van der Waals surface area contributed by atoms with E-state index in [0.29, 0.717) is 5.69 Å². The Hall–Kier alpha value is -1.84. The van der Waals surface area contributed by atoms with E-state index in [1.807, 2.05) is 0 Å². The van der Waals surface area contributed by atoms with Crippen LogP contribution < -0.4 is 0 Å². The van der Waals surface area contributed by atoms with Crippen LogP contribution in [0.25, 0.3) is 11.1 Å². The Bertz CT molecular complexity index is 579. The molecule has 1 aromatic heterocycles. The molecule has 0 amide bonds. The van der Waals surface area contributed by atoms with Crippen molar-refractivity contribution in [1.29, 1.82) is 0 Å². The number of aromatic nitrogens is 1. The highest BCUT2D eigenvalue weighted by Crippen LogP contribution is 2.27. The fourth-order valence-corrected chi connectivity index (χ4v) is 1.58.